The fourth-order valence-corrected chi connectivity index (χ4v) is 4.90. The molecule has 1 aromatic carbocycles. The molecule has 2 aliphatic rings. The van der Waals surface area contributed by atoms with Crippen LogP contribution in [0.3, 0.4) is 0 Å². The average Bonchev–Trinajstić information content (AvgIpc) is 3.44. The Balaban J connectivity index is 1.10. The maximum absolute atomic E-state index is 13.9. The van der Waals surface area contributed by atoms with Crippen molar-refractivity contribution in [3.8, 4) is 0 Å². The quantitative estimate of drug-likeness (QED) is 0.508. The highest BCUT2D eigenvalue weighted by Crippen LogP contribution is 2.32. The lowest BCUT2D eigenvalue weighted by atomic mass is 9.96. The van der Waals surface area contributed by atoms with Crippen LogP contribution in [-0.2, 0) is 9.59 Å². The average molecular weight is 497 g/mol. The second-order valence-electron chi connectivity index (χ2n) is 8.13. The number of nitrogens with one attached hydrogen (secondary N) is 1. The van der Waals surface area contributed by atoms with Crippen molar-refractivity contribution in [2.45, 2.75) is 12.8 Å². The molecule has 0 radical (unpaired) electrons. The van der Waals surface area contributed by atoms with E-state index < -0.39 is 17.0 Å². The van der Waals surface area contributed by atoms with Crippen LogP contribution in [0.5, 0.6) is 0 Å². The number of anilines is 1. The van der Waals surface area contributed by atoms with Crippen LogP contribution >= 0.6 is 11.8 Å². The van der Waals surface area contributed by atoms with Gasteiger partial charge in [-0.05, 0) is 59.3 Å². The number of rotatable bonds is 6. The standard InChI is InChI=1S/C22H21FN8O3S/c23-16-4-2-1-3-15(16)13-17-21(33)30(22(34)35-17)12-9-24-20(32)14-7-10-29(11-8-14)19-6-5-18-25-27-28-31(18)26-19/h1-6,13-14H,7-12H2,(H,24,32)/b17-13-. The van der Waals surface area contributed by atoms with Gasteiger partial charge in [-0.2, -0.15) is 0 Å². The second-order valence-corrected chi connectivity index (χ2v) is 9.12. The third-order valence-electron chi connectivity index (χ3n) is 5.95. The van der Waals surface area contributed by atoms with E-state index in [1.807, 2.05) is 6.07 Å². The van der Waals surface area contributed by atoms with Gasteiger partial charge in [-0.25, -0.2) is 4.39 Å². The van der Waals surface area contributed by atoms with Gasteiger partial charge in [0.15, 0.2) is 11.5 Å². The zero-order valence-corrected chi connectivity index (χ0v) is 19.3. The summed E-state index contributed by atoms with van der Waals surface area (Å²) in [5, 5.41) is 18.0. The number of hydrogen-bond acceptors (Lipinski definition) is 9. The molecule has 0 atom stereocenters. The van der Waals surface area contributed by atoms with Crippen LogP contribution in [0.15, 0.2) is 41.3 Å². The highest BCUT2D eigenvalue weighted by Gasteiger charge is 2.35. The van der Waals surface area contributed by atoms with Crippen molar-refractivity contribution in [1.29, 1.82) is 0 Å². The summed E-state index contributed by atoms with van der Waals surface area (Å²) in [6, 6.07) is 9.68. The van der Waals surface area contributed by atoms with E-state index in [1.165, 1.54) is 22.8 Å². The Morgan fingerprint density at radius 2 is 1.97 bits per heavy atom. The summed E-state index contributed by atoms with van der Waals surface area (Å²) in [5.74, 6) is -0.491. The van der Waals surface area contributed by atoms with Crippen molar-refractivity contribution >= 4 is 46.4 Å². The first-order valence-electron chi connectivity index (χ1n) is 11.1. The van der Waals surface area contributed by atoms with Gasteiger partial charge in [0.1, 0.15) is 5.82 Å². The molecule has 1 N–H and O–H groups in total. The summed E-state index contributed by atoms with van der Waals surface area (Å²) in [7, 11) is 0. The molecule has 0 saturated carbocycles. The number of hydrogen-bond donors (Lipinski definition) is 1. The number of thioether (sulfide) groups is 1. The Morgan fingerprint density at radius 1 is 1.17 bits per heavy atom. The Labute approximate surface area is 203 Å². The number of amides is 3. The van der Waals surface area contributed by atoms with Crippen molar-refractivity contribution in [1.82, 2.24) is 35.5 Å². The maximum atomic E-state index is 13.9. The number of tetrazole rings is 1. The molecule has 2 aromatic heterocycles. The van der Waals surface area contributed by atoms with Crippen LogP contribution in [0, 0.1) is 11.7 Å². The Hall–Kier alpha value is -3.87. The van der Waals surface area contributed by atoms with Gasteiger partial charge >= 0.3 is 0 Å². The van der Waals surface area contributed by atoms with Gasteiger partial charge in [-0.1, -0.05) is 18.2 Å². The highest BCUT2D eigenvalue weighted by molar-refractivity contribution is 8.18. The molecule has 3 amide bonds. The number of nitrogens with zero attached hydrogens (tertiary/aromatic N) is 7. The van der Waals surface area contributed by atoms with Gasteiger partial charge in [-0.3, -0.25) is 19.3 Å². The number of carbonyl (C=O) groups excluding carboxylic acids is 3. The minimum Gasteiger partial charge on any atom is -0.355 e. The molecule has 2 aliphatic heterocycles. The first-order valence-corrected chi connectivity index (χ1v) is 11.9. The molecule has 13 heteroatoms. The fourth-order valence-electron chi connectivity index (χ4n) is 4.04. The van der Waals surface area contributed by atoms with E-state index in [9.17, 15) is 18.8 Å². The normalized spacial score (nSPS) is 18.1. The van der Waals surface area contributed by atoms with Gasteiger partial charge in [0.25, 0.3) is 11.1 Å². The molecule has 0 unspecified atom stereocenters. The summed E-state index contributed by atoms with van der Waals surface area (Å²) in [4.78, 5) is 40.8. The molecule has 2 saturated heterocycles. The number of benzene rings is 1. The molecular formula is C22H21FN8O3S. The minimum absolute atomic E-state index is 0.0553. The molecule has 3 aromatic rings. The van der Waals surface area contributed by atoms with Crippen LogP contribution in [0.2, 0.25) is 0 Å². The van der Waals surface area contributed by atoms with Crippen LogP contribution in [-0.4, -0.2) is 73.4 Å². The number of aromatic nitrogens is 5. The summed E-state index contributed by atoms with van der Waals surface area (Å²) < 4.78 is 15.2. The van der Waals surface area contributed by atoms with Crippen LogP contribution in [0.4, 0.5) is 15.0 Å². The van der Waals surface area contributed by atoms with E-state index in [0.29, 0.717) is 31.6 Å². The molecule has 35 heavy (non-hydrogen) atoms. The number of halogens is 1. The molecule has 180 valence electrons. The van der Waals surface area contributed by atoms with Crippen molar-refractivity contribution in [3.63, 3.8) is 0 Å². The van der Waals surface area contributed by atoms with E-state index in [0.717, 1.165) is 22.5 Å². The van der Waals surface area contributed by atoms with Crippen molar-refractivity contribution < 1.29 is 18.8 Å². The summed E-state index contributed by atoms with van der Waals surface area (Å²) in [5.41, 5.74) is 0.803. The van der Waals surface area contributed by atoms with E-state index in [1.54, 1.807) is 18.2 Å². The monoisotopic (exact) mass is 496 g/mol. The van der Waals surface area contributed by atoms with Crippen molar-refractivity contribution in [2.24, 2.45) is 5.92 Å². The summed E-state index contributed by atoms with van der Waals surface area (Å²) in [6.45, 7) is 1.52. The lowest BCUT2D eigenvalue weighted by Gasteiger charge is -2.31. The van der Waals surface area contributed by atoms with E-state index in [4.69, 9.17) is 0 Å². The minimum atomic E-state index is -0.488. The molecule has 5 rings (SSSR count). The largest absolute Gasteiger partial charge is 0.355 e. The van der Waals surface area contributed by atoms with Crippen molar-refractivity contribution in [2.75, 3.05) is 31.1 Å². The topological polar surface area (TPSA) is 126 Å². The van der Waals surface area contributed by atoms with Gasteiger partial charge in [0.05, 0.1) is 4.91 Å². The van der Waals surface area contributed by atoms with Gasteiger partial charge in [-0.15, -0.1) is 14.8 Å². The Kier molecular flexibility index (Phi) is 6.40. The predicted molar refractivity (Wildman–Crippen MR) is 126 cm³/mol. The first kappa shape index (κ1) is 22.9. The fraction of sp³-hybridized carbons (Fsp3) is 0.318. The highest BCUT2D eigenvalue weighted by atomic mass is 32.2. The van der Waals surface area contributed by atoms with Crippen molar-refractivity contribution in [3.05, 3.63) is 52.7 Å². The summed E-state index contributed by atoms with van der Waals surface area (Å²) >= 11 is 0.765. The Bertz CT molecular complexity index is 1320. The van der Waals surface area contributed by atoms with Gasteiger partial charge in [0, 0.05) is 37.7 Å². The predicted octanol–water partition coefficient (Wildman–Crippen LogP) is 1.73. The molecule has 11 nitrogen and oxygen atoms in total. The first-order chi connectivity index (χ1) is 17.0. The number of imide groups is 1. The summed E-state index contributed by atoms with van der Waals surface area (Å²) in [6.07, 6.45) is 2.67. The number of piperidine rings is 1. The van der Waals surface area contributed by atoms with E-state index >= 15 is 0 Å². The third-order valence-corrected chi connectivity index (χ3v) is 6.85. The maximum Gasteiger partial charge on any atom is 0.293 e. The molecule has 0 spiro atoms. The molecule has 0 aliphatic carbocycles. The SMILES string of the molecule is O=C(NCCN1C(=O)S/C(=C\c2ccccc2F)C1=O)C1CCN(c2ccc3nnnn3n2)CC1. The molecule has 2 fully saturated rings. The van der Waals surface area contributed by atoms with E-state index in [2.05, 4.69) is 30.8 Å². The molecular weight excluding hydrogens is 475 g/mol. The number of carbonyl (C=O) groups is 3. The second kappa shape index (κ2) is 9.78. The zero-order valence-electron chi connectivity index (χ0n) is 18.5. The zero-order chi connectivity index (χ0) is 24.4. The lowest BCUT2D eigenvalue weighted by molar-refractivity contribution is -0.126. The smallest absolute Gasteiger partial charge is 0.293 e. The number of fused-ring (bicyclic) bond motifs is 1. The molecule has 0 bridgehead atoms. The third kappa shape index (κ3) is 4.85. The Morgan fingerprint density at radius 3 is 2.77 bits per heavy atom. The lowest BCUT2D eigenvalue weighted by Crippen LogP contribution is -2.43. The van der Waals surface area contributed by atoms with Crippen LogP contribution < -0.4 is 10.2 Å². The van der Waals surface area contributed by atoms with Gasteiger partial charge < -0.3 is 10.2 Å². The van der Waals surface area contributed by atoms with Crippen LogP contribution in [0.25, 0.3) is 11.7 Å². The van der Waals surface area contributed by atoms with Gasteiger partial charge in [0.2, 0.25) is 5.91 Å². The van der Waals surface area contributed by atoms with Crippen LogP contribution in [0.1, 0.15) is 18.4 Å². The van der Waals surface area contributed by atoms with E-state index in [-0.39, 0.29) is 35.4 Å². The molecule has 4 heterocycles.